The van der Waals surface area contributed by atoms with Gasteiger partial charge in [0, 0.05) is 32.0 Å². The van der Waals surface area contributed by atoms with Gasteiger partial charge in [-0.1, -0.05) is 6.07 Å². The first kappa shape index (κ1) is 18.5. The molecule has 1 N–H and O–H groups in total. The summed E-state index contributed by atoms with van der Waals surface area (Å²) in [6, 6.07) is 3.73. The van der Waals surface area contributed by atoms with Gasteiger partial charge < -0.3 is 4.90 Å². The quantitative estimate of drug-likeness (QED) is 0.858. The summed E-state index contributed by atoms with van der Waals surface area (Å²) in [4.78, 5) is 18.6. The third-order valence-corrected chi connectivity index (χ3v) is 4.91. The van der Waals surface area contributed by atoms with E-state index in [-0.39, 0.29) is 5.91 Å². The van der Waals surface area contributed by atoms with E-state index >= 15 is 0 Å². The van der Waals surface area contributed by atoms with E-state index in [0.717, 1.165) is 37.7 Å². The number of aromatic nitrogens is 3. The number of rotatable bonds is 6. The van der Waals surface area contributed by atoms with Gasteiger partial charge in [-0.15, -0.1) is 0 Å². The highest BCUT2D eigenvalue weighted by atomic mass is 19.1. The molecule has 3 rings (SSSR count). The summed E-state index contributed by atoms with van der Waals surface area (Å²) < 4.78 is 26.7. The Kier molecular flexibility index (Phi) is 5.96. The zero-order chi connectivity index (χ0) is 18.5. The first-order chi connectivity index (χ1) is 12.5. The normalized spacial score (nSPS) is 17.5. The van der Waals surface area contributed by atoms with Crippen molar-refractivity contribution in [1.82, 2.24) is 20.1 Å². The summed E-state index contributed by atoms with van der Waals surface area (Å²) in [5.41, 5.74) is 0.537. The van der Waals surface area contributed by atoms with Gasteiger partial charge in [0.2, 0.25) is 5.91 Å². The topological polar surface area (TPSA) is 61.9 Å². The first-order valence-electron chi connectivity index (χ1n) is 9.11. The predicted molar refractivity (Wildman–Crippen MR) is 93.4 cm³/mol. The highest BCUT2D eigenvalue weighted by Crippen LogP contribution is 2.23. The minimum Gasteiger partial charge on any atom is -0.342 e. The van der Waals surface area contributed by atoms with Crippen molar-refractivity contribution in [2.45, 2.75) is 45.4 Å². The summed E-state index contributed by atoms with van der Waals surface area (Å²) >= 11 is 0. The Morgan fingerprint density at radius 1 is 1.35 bits per heavy atom. The summed E-state index contributed by atoms with van der Waals surface area (Å²) in [6.45, 7) is 3.31. The van der Waals surface area contributed by atoms with E-state index in [2.05, 4.69) is 15.2 Å². The average Bonchev–Trinajstić information content (AvgIpc) is 3.04. The van der Waals surface area contributed by atoms with Crippen molar-refractivity contribution >= 4 is 5.91 Å². The number of carbonyl (C=O) groups is 1. The van der Waals surface area contributed by atoms with Crippen LogP contribution >= 0.6 is 0 Å². The largest absolute Gasteiger partial charge is 0.342 e. The van der Waals surface area contributed by atoms with Crippen LogP contribution < -0.4 is 0 Å². The van der Waals surface area contributed by atoms with Crippen LogP contribution in [0.4, 0.5) is 8.78 Å². The van der Waals surface area contributed by atoms with E-state index in [1.807, 2.05) is 11.8 Å². The number of amides is 1. The van der Waals surface area contributed by atoms with E-state index in [9.17, 15) is 13.6 Å². The molecule has 0 saturated carbocycles. The molecule has 7 heteroatoms. The van der Waals surface area contributed by atoms with Gasteiger partial charge in [-0.3, -0.25) is 9.89 Å². The molecular formula is C19H24F2N4O. The molecule has 1 aromatic heterocycles. The number of halogens is 2. The van der Waals surface area contributed by atoms with E-state index in [1.165, 1.54) is 12.1 Å². The summed E-state index contributed by atoms with van der Waals surface area (Å²) in [5, 5.41) is 6.84. The fraction of sp³-hybridized carbons (Fsp3) is 0.526. The molecule has 140 valence electrons. The lowest BCUT2D eigenvalue weighted by atomic mass is 9.91. The van der Waals surface area contributed by atoms with Crippen LogP contribution in [0.15, 0.2) is 18.2 Å². The molecule has 1 amide bonds. The number of aryl methyl sites for hydroxylation is 3. The molecule has 1 aliphatic rings. The van der Waals surface area contributed by atoms with Crippen LogP contribution in [-0.4, -0.2) is 39.1 Å². The number of carbonyl (C=O) groups excluding carboxylic acids is 1. The molecule has 1 fully saturated rings. The highest BCUT2D eigenvalue weighted by molar-refractivity contribution is 5.76. The Morgan fingerprint density at radius 2 is 2.19 bits per heavy atom. The van der Waals surface area contributed by atoms with Crippen LogP contribution in [0.5, 0.6) is 0 Å². The third-order valence-electron chi connectivity index (χ3n) is 4.91. The van der Waals surface area contributed by atoms with Crippen molar-refractivity contribution in [2.24, 2.45) is 5.92 Å². The lowest BCUT2D eigenvalue weighted by molar-refractivity contribution is -0.133. The van der Waals surface area contributed by atoms with Gasteiger partial charge in [0.15, 0.2) is 5.82 Å². The van der Waals surface area contributed by atoms with Gasteiger partial charge >= 0.3 is 0 Å². The molecule has 2 aromatic rings. The van der Waals surface area contributed by atoms with E-state index in [0.29, 0.717) is 43.1 Å². The SMILES string of the molecule is Cc1nc(CCC(=O)N2CCCC(CCc3ccc(F)cc3F)C2)n[nH]1. The van der Waals surface area contributed by atoms with Gasteiger partial charge in [-0.25, -0.2) is 13.8 Å². The van der Waals surface area contributed by atoms with Crippen LogP contribution in [0.25, 0.3) is 0 Å². The molecular weight excluding hydrogens is 338 g/mol. The summed E-state index contributed by atoms with van der Waals surface area (Å²) in [6.07, 6.45) is 4.29. The van der Waals surface area contributed by atoms with Crippen molar-refractivity contribution in [3.8, 4) is 0 Å². The second-order valence-electron chi connectivity index (χ2n) is 6.96. The fourth-order valence-corrected chi connectivity index (χ4v) is 3.49. The lowest BCUT2D eigenvalue weighted by Gasteiger charge is -2.33. The number of hydrogen-bond donors (Lipinski definition) is 1. The molecule has 1 saturated heterocycles. The summed E-state index contributed by atoms with van der Waals surface area (Å²) in [7, 11) is 0. The second kappa shape index (κ2) is 8.38. The number of hydrogen-bond acceptors (Lipinski definition) is 3. The fourth-order valence-electron chi connectivity index (χ4n) is 3.49. The molecule has 1 unspecified atom stereocenters. The molecule has 0 spiro atoms. The molecule has 2 heterocycles. The van der Waals surface area contributed by atoms with Crippen molar-refractivity contribution in [2.75, 3.05) is 13.1 Å². The Bertz CT molecular complexity index is 762. The molecule has 0 bridgehead atoms. The number of likely N-dealkylation sites (tertiary alicyclic amines) is 1. The Morgan fingerprint density at radius 3 is 2.92 bits per heavy atom. The summed E-state index contributed by atoms with van der Waals surface area (Å²) in [5.74, 6) is 0.834. The van der Waals surface area contributed by atoms with Gasteiger partial charge in [-0.2, -0.15) is 5.10 Å². The number of nitrogens with one attached hydrogen (secondary N) is 1. The van der Waals surface area contributed by atoms with E-state index in [4.69, 9.17) is 0 Å². The van der Waals surface area contributed by atoms with Crippen LogP contribution in [0, 0.1) is 24.5 Å². The number of H-pyrrole nitrogens is 1. The molecule has 1 aliphatic heterocycles. The zero-order valence-electron chi connectivity index (χ0n) is 15.0. The molecule has 0 radical (unpaired) electrons. The van der Waals surface area contributed by atoms with Crippen molar-refractivity contribution in [3.63, 3.8) is 0 Å². The van der Waals surface area contributed by atoms with Crippen molar-refractivity contribution < 1.29 is 13.6 Å². The lowest BCUT2D eigenvalue weighted by Crippen LogP contribution is -2.40. The smallest absolute Gasteiger partial charge is 0.223 e. The maximum absolute atomic E-state index is 13.8. The van der Waals surface area contributed by atoms with Gasteiger partial charge in [0.05, 0.1) is 0 Å². The van der Waals surface area contributed by atoms with Crippen molar-refractivity contribution in [1.29, 1.82) is 0 Å². The maximum atomic E-state index is 13.8. The van der Waals surface area contributed by atoms with E-state index < -0.39 is 11.6 Å². The number of piperidine rings is 1. The maximum Gasteiger partial charge on any atom is 0.223 e. The molecule has 26 heavy (non-hydrogen) atoms. The minimum atomic E-state index is -0.553. The molecule has 1 aromatic carbocycles. The molecule has 1 atom stereocenters. The van der Waals surface area contributed by atoms with E-state index in [1.54, 1.807) is 0 Å². The average molecular weight is 362 g/mol. The number of nitrogens with zero attached hydrogens (tertiary/aromatic N) is 3. The standard InChI is InChI=1S/C19H24F2N4O/c1-13-22-18(24-23-13)8-9-19(26)25-10-2-3-14(12-25)4-5-15-6-7-16(20)11-17(15)21/h6-7,11,14H,2-5,8-10,12H2,1H3,(H,22,23,24). The minimum absolute atomic E-state index is 0.116. The Labute approximate surface area is 151 Å². The monoisotopic (exact) mass is 362 g/mol. The molecule has 0 aliphatic carbocycles. The zero-order valence-corrected chi connectivity index (χ0v) is 15.0. The van der Waals surface area contributed by atoms with Crippen LogP contribution in [0.2, 0.25) is 0 Å². The van der Waals surface area contributed by atoms with Gasteiger partial charge in [-0.05, 0) is 50.2 Å². The van der Waals surface area contributed by atoms with Crippen molar-refractivity contribution in [3.05, 3.63) is 47.0 Å². The van der Waals surface area contributed by atoms with Gasteiger partial charge in [0.1, 0.15) is 17.5 Å². The Balaban J connectivity index is 1.47. The predicted octanol–water partition coefficient (Wildman–Crippen LogP) is 3.20. The van der Waals surface area contributed by atoms with Crippen LogP contribution in [0.3, 0.4) is 0 Å². The third kappa shape index (κ3) is 4.86. The van der Waals surface area contributed by atoms with Crippen LogP contribution in [-0.2, 0) is 17.6 Å². The second-order valence-corrected chi connectivity index (χ2v) is 6.96. The first-order valence-corrected chi connectivity index (χ1v) is 9.11. The van der Waals surface area contributed by atoms with Crippen LogP contribution in [0.1, 0.15) is 42.9 Å². The molecule has 5 nitrogen and oxygen atoms in total. The number of aromatic amines is 1. The van der Waals surface area contributed by atoms with Gasteiger partial charge in [0.25, 0.3) is 0 Å². The Hall–Kier alpha value is -2.31. The number of benzene rings is 1. The highest BCUT2D eigenvalue weighted by Gasteiger charge is 2.23.